The Morgan fingerprint density at radius 3 is 2.29 bits per heavy atom. The summed E-state index contributed by atoms with van der Waals surface area (Å²) < 4.78 is 0. The maximum absolute atomic E-state index is 11.8. The van der Waals surface area contributed by atoms with Gasteiger partial charge in [0, 0.05) is 11.3 Å². The number of Topliss-reactive ketones (excluding diaryl/α,β-unsaturated/α-hetero) is 1. The molecule has 2 rings (SSSR count). The van der Waals surface area contributed by atoms with Crippen LogP contribution in [0.2, 0.25) is 0 Å². The maximum atomic E-state index is 11.8. The molecule has 0 aliphatic carbocycles. The molecule has 2 aromatic rings. The molecule has 3 N–H and O–H groups in total. The minimum atomic E-state index is -1.10. The number of rotatable bonds is 4. The molecule has 0 bridgehead atoms. The molecule has 0 aliphatic rings. The predicted octanol–water partition coefficient (Wildman–Crippen LogP) is 3.29. The van der Waals surface area contributed by atoms with Crippen LogP contribution in [0.1, 0.15) is 27.6 Å². The summed E-state index contributed by atoms with van der Waals surface area (Å²) in [4.78, 5) is 33.9. The smallest absolute Gasteiger partial charge is 0.338 e. The molecule has 0 radical (unpaired) electrons. The first kappa shape index (κ1) is 14.7. The van der Waals surface area contributed by atoms with Crippen LogP contribution in [0.4, 0.5) is 15.5 Å². The summed E-state index contributed by atoms with van der Waals surface area (Å²) in [7, 11) is 0. The van der Waals surface area contributed by atoms with Crippen LogP contribution in [0.3, 0.4) is 0 Å². The number of thiophene rings is 1. The Bertz CT molecular complexity index is 691. The van der Waals surface area contributed by atoms with E-state index in [1.165, 1.54) is 13.0 Å². The highest BCUT2D eigenvalue weighted by Crippen LogP contribution is 2.23. The number of urea groups is 1. The van der Waals surface area contributed by atoms with E-state index in [2.05, 4.69) is 10.6 Å². The molecular weight excluding hydrogens is 292 g/mol. The Morgan fingerprint density at radius 2 is 1.71 bits per heavy atom. The second kappa shape index (κ2) is 6.19. The highest BCUT2D eigenvalue weighted by atomic mass is 32.1. The van der Waals surface area contributed by atoms with Crippen LogP contribution in [0.5, 0.6) is 0 Å². The molecule has 108 valence electrons. The number of hydrogen-bond donors (Lipinski definition) is 3. The van der Waals surface area contributed by atoms with Gasteiger partial charge in [0.2, 0.25) is 0 Å². The number of benzene rings is 1. The van der Waals surface area contributed by atoms with Crippen LogP contribution in [0, 0.1) is 0 Å². The zero-order chi connectivity index (χ0) is 15.4. The Labute approximate surface area is 124 Å². The highest BCUT2D eigenvalue weighted by Gasteiger charge is 2.13. The van der Waals surface area contributed by atoms with Crippen molar-refractivity contribution in [2.45, 2.75) is 6.92 Å². The van der Waals surface area contributed by atoms with E-state index in [9.17, 15) is 14.4 Å². The summed E-state index contributed by atoms with van der Waals surface area (Å²) in [5.74, 6) is -1.16. The standard InChI is InChI=1S/C14H12N2O4S/c1-8(17)9-2-4-10(5-3-9)15-14(20)16-12-11(13(18)19)6-7-21-12/h2-7H,1H3,(H,18,19)(H2,15,16,20). The van der Waals surface area contributed by atoms with Crippen molar-refractivity contribution in [2.75, 3.05) is 10.6 Å². The van der Waals surface area contributed by atoms with E-state index in [1.54, 1.807) is 29.6 Å². The van der Waals surface area contributed by atoms with Gasteiger partial charge in [-0.2, -0.15) is 0 Å². The molecule has 1 aromatic heterocycles. The van der Waals surface area contributed by atoms with Crippen molar-refractivity contribution in [1.82, 2.24) is 0 Å². The SMILES string of the molecule is CC(=O)c1ccc(NC(=O)Nc2sccc2C(=O)O)cc1. The summed E-state index contributed by atoms with van der Waals surface area (Å²) >= 11 is 1.13. The Balaban J connectivity index is 2.03. The fourth-order valence-electron chi connectivity index (χ4n) is 1.63. The average Bonchev–Trinajstić information content (AvgIpc) is 2.87. The van der Waals surface area contributed by atoms with Gasteiger partial charge >= 0.3 is 12.0 Å². The number of ketones is 1. The molecule has 0 unspecified atom stereocenters. The van der Waals surface area contributed by atoms with E-state index in [1.807, 2.05) is 0 Å². The van der Waals surface area contributed by atoms with Gasteiger partial charge in [0.1, 0.15) is 5.00 Å². The second-order valence-corrected chi connectivity index (χ2v) is 5.10. The van der Waals surface area contributed by atoms with E-state index in [0.29, 0.717) is 11.3 Å². The van der Waals surface area contributed by atoms with Crippen LogP contribution in [-0.2, 0) is 0 Å². The van der Waals surface area contributed by atoms with E-state index in [0.717, 1.165) is 11.3 Å². The summed E-state index contributed by atoms with van der Waals surface area (Å²) in [6.45, 7) is 1.46. The van der Waals surface area contributed by atoms with Crippen LogP contribution in [-0.4, -0.2) is 22.9 Å². The number of nitrogens with one attached hydrogen (secondary N) is 2. The van der Waals surface area contributed by atoms with Gasteiger partial charge in [-0.3, -0.25) is 10.1 Å². The third-order valence-corrected chi connectivity index (χ3v) is 3.50. The van der Waals surface area contributed by atoms with Gasteiger partial charge in [-0.25, -0.2) is 9.59 Å². The first-order valence-corrected chi connectivity index (χ1v) is 6.85. The number of carbonyl (C=O) groups excluding carboxylic acids is 2. The van der Waals surface area contributed by atoms with Gasteiger partial charge < -0.3 is 10.4 Å². The zero-order valence-corrected chi connectivity index (χ0v) is 11.9. The monoisotopic (exact) mass is 304 g/mol. The van der Waals surface area contributed by atoms with E-state index < -0.39 is 12.0 Å². The maximum Gasteiger partial charge on any atom is 0.338 e. The second-order valence-electron chi connectivity index (χ2n) is 4.18. The lowest BCUT2D eigenvalue weighted by Gasteiger charge is -2.07. The first-order valence-electron chi connectivity index (χ1n) is 5.97. The highest BCUT2D eigenvalue weighted by molar-refractivity contribution is 7.14. The first-order chi connectivity index (χ1) is 9.97. The number of carbonyl (C=O) groups is 3. The molecule has 21 heavy (non-hydrogen) atoms. The van der Waals surface area contributed by atoms with Crippen LogP contribution in [0.15, 0.2) is 35.7 Å². The predicted molar refractivity (Wildman–Crippen MR) is 80.4 cm³/mol. The van der Waals surface area contributed by atoms with Gasteiger partial charge in [0.15, 0.2) is 5.78 Å². The fraction of sp³-hybridized carbons (Fsp3) is 0.0714. The van der Waals surface area contributed by atoms with Gasteiger partial charge in [-0.1, -0.05) is 0 Å². The van der Waals surface area contributed by atoms with Crippen molar-refractivity contribution >= 4 is 39.8 Å². The van der Waals surface area contributed by atoms with Gasteiger partial charge in [0.25, 0.3) is 0 Å². The minimum Gasteiger partial charge on any atom is -0.478 e. The molecule has 0 atom stereocenters. The number of carboxylic acid groups (broad SMARTS) is 1. The van der Waals surface area contributed by atoms with Crippen LogP contribution < -0.4 is 10.6 Å². The van der Waals surface area contributed by atoms with Crippen LogP contribution in [0.25, 0.3) is 0 Å². The van der Waals surface area contributed by atoms with Gasteiger partial charge in [-0.15, -0.1) is 11.3 Å². The van der Waals surface area contributed by atoms with Crippen LogP contribution >= 0.6 is 11.3 Å². The number of carboxylic acids is 1. The largest absolute Gasteiger partial charge is 0.478 e. The summed E-state index contributed by atoms with van der Waals surface area (Å²) in [5.41, 5.74) is 1.10. The lowest BCUT2D eigenvalue weighted by Crippen LogP contribution is -2.20. The number of anilines is 2. The Hall–Kier alpha value is -2.67. The number of hydrogen-bond acceptors (Lipinski definition) is 4. The van der Waals surface area contributed by atoms with Gasteiger partial charge in [0.05, 0.1) is 5.56 Å². The molecular formula is C14H12N2O4S. The average molecular weight is 304 g/mol. The number of aromatic carboxylic acids is 1. The molecule has 6 nitrogen and oxygen atoms in total. The molecule has 0 saturated carbocycles. The molecule has 0 aliphatic heterocycles. The minimum absolute atomic E-state index is 0.0436. The van der Waals surface area contributed by atoms with Crippen molar-refractivity contribution < 1.29 is 19.5 Å². The molecule has 2 amide bonds. The molecule has 1 aromatic carbocycles. The van der Waals surface area contributed by atoms with E-state index in [-0.39, 0.29) is 16.3 Å². The Morgan fingerprint density at radius 1 is 1.05 bits per heavy atom. The zero-order valence-electron chi connectivity index (χ0n) is 11.0. The van der Waals surface area contributed by atoms with Crippen molar-refractivity contribution in [3.05, 3.63) is 46.8 Å². The van der Waals surface area contributed by atoms with Gasteiger partial charge in [-0.05, 0) is 42.6 Å². The topological polar surface area (TPSA) is 95.5 Å². The van der Waals surface area contributed by atoms with Crippen molar-refractivity contribution in [3.8, 4) is 0 Å². The molecule has 1 heterocycles. The summed E-state index contributed by atoms with van der Waals surface area (Å²) in [6, 6.07) is 7.28. The summed E-state index contributed by atoms with van der Waals surface area (Å²) in [6.07, 6.45) is 0. The lowest BCUT2D eigenvalue weighted by molar-refractivity contribution is 0.0698. The molecule has 0 spiro atoms. The van der Waals surface area contributed by atoms with Crippen molar-refractivity contribution in [3.63, 3.8) is 0 Å². The van der Waals surface area contributed by atoms with Crippen molar-refractivity contribution in [1.29, 1.82) is 0 Å². The molecule has 0 fully saturated rings. The Kier molecular flexibility index (Phi) is 4.34. The molecule has 0 saturated heterocycles. The summed E-state index contributed by atoms with van der Waals surface area (Å²) in [5, 5.41) is 15.8. The normalized spacial score (nSPS) is 9.95. The lowest BCUT2D eigenvalue weighted by atomic mass is 10.1. The van der Waals surface area contributed by atoms with E-state index >= 15 is 0 Å². The van der Waals surface area contributed by atoms with Crippen molar-refractivity contribution in [2.24, 2.45) is 0 Å². The molecule has 7 heteroatoms. The van der Waals surface area contributed by atoms with E-state index in [4.69, 9.17) is 5.11 Å². The fourth-order valence-corrected chi connectivity index (χ4v) is 2.40. The quantitative estimate of drug-likeness (QED) is 0.755. The third kappa shape index (κ3) is 3.67. The number of amides is 2. The third-order valence-electron chi connectivity index (χ3n) is 2.67.